The van der Waals surface area contributed by atoms with Crippen LogP contribution < -0.4 is 10.2 Å². The Labute approximate surface area is 192 Å². The van der Waals surface area contributed by atoms with Crippen molar-refractivity contribution < 1.29 is 14.3 Å². The fourth-order valence-electron chi connectivity index (χ4n) is 3.97. The molecule has 4 rings (SSSR count). The highest BCUT2D eigenvalue weighted by atomic mass is 32.1. The van der Waals surface area contributed by atoms with Gasteiger partial charge in [0.1, 0.15) is 0 Å². The number of aryl methyl sites for hydroxylation is 2. The van der Waals surface area contributed by atoms with Crippen molar-refractivity contribution in [3.63, 3.8) is 0 Å². The van der Waals surface area contributed by atoms with Crippen molar-refractivity contribution in [3.05, 3.63) is 58.7 Å². The van der Waals surface area contributed by atoms with Crippen LogP contribution in [0.25, 0.3) is 10.2 Å². The molecule has 8 heteroatoms. The van der Waals surface area contributed by atoms with Gasteiger partial charge in [-0.25, -0.2) is 9.78 Å². The number of ether oxygens (including phenoxy) is 1. The van der Waals surface area contributed by atoms with E-state index in [0.717, 1.165) is 43.4 Å². The molecule has 1 aliphatic rings. The van der Waals surface area contributed by atoms with Crippen LogP contribution in [-0.2, 0) is 4.74 Å². The molecule has 1 amide bonds. The van der Waals surface area contributed by atoms with Gasteiger partial charge in [0.25, 0.3) is 5.91 Å². The smallest absolute Gasteiger partial charge is 0.337 e. The molecule has 7 nitrogen and oxygen atoms in total. The quantitative estimate of drug-likeness (QED) is 0.579. The van der Waals surface area contributed by atoms with Crippen molar-refractivity contribution in [1.29, 1.82) is 0 Å². The van der Waals surface area contributed by atoms with E-state index >= 15 is 0 Å². The lowest BCUT2D eigenvalue weighted by molar-refractivity contribution is 0.0600. The van der Waals surface area contributed by atoms with Crippen molar-refractivity contribution in [3.8, 4) is 0 Å². The summed E-state index contributed by atoms with van der Waals surface area (Å²) in [6.07, 6.45) is 0. The van der Waals surface area contributed by atoms with Gasteiger partial charge in [-0.15, -0.1) is 0 Å². The number of esters is 1. The first-order valence-electron chi connectivity index (χ1n) is 10.8. The standard InChI is InChI=1S/C24H28N4O3S/c1-16-14-17(2)21-20(15-16)26-24(32-21)28-12-10-27(11-13-28)9-8-25-22(29)18-4-6-19(7-5-18)23(30)31-3/h4-7,14-15H,8-13H2,1-3H3,(H,25,29). The highest BCUT2D eigenvalue weighted by Crippen LogP contribution is 2.32. The van der Waals surface area contributed by atoms with Crippen molar-refractivity contribution >= 4 is 38.6 Å². The number of anilines is 1. The van der Waals surface area contributed by atoms with E-state index in [-0.39, 0.29) is 5.91 Å². The van der Waals surface area contributed by atoms with Crippen LogP contribution in [0.5, 0.6) is 0 Å². The Balaban J connectivity index is 1.24. The number of nitrogens with one attached hydrogen (secondary N) is 1. The molecule has 2 aromatic carbocycles. The molecule has 32 heavy (non-hydrogen) atoms. The molecule has 3 aromatic rings. The largest absolute Gasteiger partial charge is 0.465 e. The number of rotatable bonds is 6. The number of piperazine rings is 1. The van der Waals surface area contributed by atoms with E-state index in [2.05, 4.69) is 45.8 Å². The number of amides is 1. The lowest BCUT2D eigenvalue weighted by atomic mass is 10.1. The minimum atomic E-state index is -0.410. The van der Waals surface area contributed by atoms with Crippen LogP contribution in [0.3, 0.4) is 0 Å². The van der Waals surface area contributed by atoms with Crippen LogP contribution in [0.2, 0.25) is 0 Å². The summed E-state index contributed by atoms with van der Waals surface area (Å²) in [7, 11) is 1.34. The number of carbonyl (C=O) groups is 2. The second-order valence-electron chi connectivity index (χ2n) is 8.08. The van der Waals surface area contributed by atoms with Gasteiger partial charge in [0.05, 0.1) is 22.9 Å². The lowest BCUT2D eigenvalue weighted by Crippen LogP contribution is -2.48. The number of fused-ring (bicyclic) bond motifs is 1. The SMILES string of the molecule is COC(=O)c1ccc(C(=O)NCCN2CCN(c3nc4cc(C)cc(C)c4s3)CC2)cc1. The Bertz CT molecular complexity index is 1120. The molecule has 0 aliphatic carbocycles. The van der Waals surface area contributed by atoms with Gasteiger partial charge in [0.2, 0.25) is 0 Å². The van der Waals surface area contributed by atoms with Gasteiger partial charge in [-0.3, -0.25) is 9.69 Å². The summed E-state index contributed by atoms with van der Waals surface area (Å²) in [6, 6.07) is 10.9. The minimum Gasteiger partial charge on any atom is -0.465 e. The highest BCUT2D eigenvalue weighted by Gasteiger charge is 2.20. The van der Waals surface area contributed by atoms with Gasteiger partial charge in [-0.05, 0) is 55.3 Å². The van der Waals surface area contributed by atoms with E-state index in [9.17, 15) is 9.59 Å². The molecule has 0 spiro atoms. The molecule has 1 fully saturated rings. The van der Waals surface area contributed by atoms with Gasteiger partial charge in [0, 0.05) is 44.8 Å². The Morgan fingerprint density at radius 2 is 1.75 bits per heavy atom. The van der Waals surface area contributed by atoms with E-state index < -0.39 is 5.97 Å². The summed E-state index contributed by atoms with van der Waals surface area (Å²) >= 11 is 1.77. The maximum atomic E-state index is 12.3. The average Bonchev–Trinajstić information content (AvgIpc) is 3.23. The summed E-state index contributed by atoms with van der Waals surface area (Å²) in [6.45, 7) is 9.39. The Hall–Kier alpha value is -2.97. The van der Waals surface area contributed by atoms with Gasteiger partial charge in [-0.1, -0.05) is 17.4 Å². The van der Waals surface area contributed by atoms with E-state index in [1.165, 1.54) is 22.9 Å². The molecule has 1 saturated heterocycles. The number of thiazole rings is 1. The van der Waals surface area contributed by atoms with Gasteiger partial charge in [0.15, 0.2) is 5.13 Å². The molecular formula is C24H28N4O3S. The molecular weight excluding hydrogens is 424 g/mol. The molecule has 0 radical (unpaired) electrons. The topological polar surface area (TPSA) is 74.8 Å². The van der Waals surface area contributed by atoms with Crippen LogP contribution >= 0.6 is 11.3 Å². The second kappa shape index (κ2) is 9.67. The minimum absolute atomic E-state index is 0.139. The maximum Gasteiger partial charge on any atom is 0.337 e. The van der Waals surface area contributed by atoms with Crippen molar-refractivity contribution in [1.82, 2.24) is 15.2 Å². The maximum absolute atomic E-state index is 12.3. The molecule has 1 N–H and O–H groups in total. The van der Waals surface area contributed by atoms with Crippen LogP contribution in [0.4, 0.5) is 5.13 Å². The lowest BCUT2D eigenvalue weighted by Gasteiger charge is -2.34. The molecule has 0 saturated carbocycles. The van der Waals surface area contributed by atoms with E-state index in [4.69, 9.17) is 4.98 Å². The summed E-state index contributed by atoms with van der Waals surface area (Å²) < 4.78 is 5.95. The summed E-state index contributed by atoms with van der Waals surface area (Å²) in [5.41, 5.74) is 4.59. The van der Waals surface area contributed by atoms with Crippen LogP contribution in [0.15, 0.2) is 36.4 Å². The van der Waals surface area contributed by atoms with Gasteiger partial charge < -0.3 is 15.0 Å². The number of methoxy groups -OCH3 is 1. The summed E-state index contributed by atoms with van der Waals surface area (Å²) in [5, 5.41) is 4.05. The first kappa shape index (κ1) is 22.2. The van der Waals surface area contributed by atoms with Crippen molar-refractivity contribution in [2.75, 3.05) is 51.3 Å². The molecule has 0 bridgehead atoms. The predicted molar refractivity (Wildman–Crippen MR) is 128 cm³/mol. The highest BCUT2D eigenvalue weighted by molar-refractivity contribution is 7.22. The third-order valence-corrected chi connectivity index (χ3v) is 7.00. The zero-order chi connectivity index (χ0) is 22.7. The number of hydrogen-bond donors (Lipinski definition) is 1. The first-order chi connectivity index (χ1) is 15.4. The monoisotopic (exact) mass is 452 g/mol. The van der Waals surface area contributed by atoms with E-state index in [1.54, 1.807) is 35.6 Å². The molecule has 1 aliphatic heterocycles. The number of carbonyl (C=O) groups excluding carboxylic acids is 2. The normalized spacial score (nSPS) is 14.5. The van der Waals surface area contributed by atoms with Gasteiger partial charge in [-0.2, -0.15) is 0 Å². The summed E-state index contributed by atoms with van der Waals surface area (Å²) in [5.74, 6) is -0.549. The Kier molecular flexibility index (Phi) is 6.72. The van der Waals surface area contributed by atoms with Crippen molar-refractivity contribution in [2.45, 2.75) is 13.8 Å². The molecule has 168 valence electrons. The predicted octanol–water partition coefficient (Wildman–Crippen LogP) is 3.25. The van der Waals surface area contributed by atoms with E-state index in [1.807, 2.05) is 0 Å². The van der Waals surface area contributed by atoms with Gasteiger partial charge >= 0.3 is 5.97 Å². The number of hydrogen-bond acceptors (Lipinski definition) is 7. The number of nitrogens with zero attached hydrogens (tertiary/aromatic N) is 3. The van der Waals surface area contributed by atoms with Crippen LogP contribution in [0.1, 0.15) is 31.8 Å². The first-order valence-corrected chi connectivity index (χ1v) is 11.6. The Morgan fingerprint density at radius 3 is 2.44 bits per heavy atom. The van der Waals surface area contributed by atoms with Crippen molar-refractivity contribution in [2.24, 2.45) is 0 Å². The number of benzene rings is 2. The third kappa shape index (κ3) is 4.92. The zero-order valence-corrected chi connectivity index (χ0v) is 19.5. The molecule has 1 aromatic heterocycles. The van der Waals surface area contributed by atoms with Crippen LogP contribution in [0, 0.1) is 13.8 Å². The Morgan fingerprint density at radius 1 is 1.06 bits per heavy atom. The zero-order valence-electron chi connectivity index (χ0n) is 18.7. The van der Waals surface area contributed by atoms with Crippen LogP contribution in [-0.4, -0.2) is 68.1 Å². The molecule has 0 atom stereocenters. The fraction of sp³-hybridized carbons (Fsp3) is 0.375. The molecule has 0 unspecified atom stereocenters. The fourth-order valence-corrected chi connectivity index (χ4v) is 5.04. The average molecular weight is 453 g/mol. The summed E-state index contributed by atoms with van der Waals surface area (Å²) in [4.78, 5) is 33.4. The third-order valence-electron chi connectivity index (χ3n) is 5.73. The second-order valence-corrected chi connectivity index (χ2v) is 9.06. The van der Waals surface area contributed by atoms with E-state index in [0.29, 0.717) is 17.7 Å². The molecule has 2 heterocycles. The number of aromatic nitrogens is 1.